The highest BCUT2D eigenvalue weighted by atomic mass is 16.5. The van der Waals surface area contributed by atoms with E-state index < -0.39 is 0 Å². The predicted molar refractivity (Wildman–Crippen MR) is 107 cm³/mol. The molecule has 0 amide bonds. The number of nitrogens with zero attached hydrogens (tertiary/aromatic N) is 2. The third-order valence-electron chi connectivity index (χ3n) is 4.93. The van der Waals surface area contributed by atoms with Crippen LogP contribution in [0.1, 0.15) is 31.2 Å². The monoisotopic (exact) mass is 358 g/mol. The van der Waals surface area contributed by atoms with Crippen LogP contribution in [0.3, 0.4) is 0 Å². The zero-order valence-corrected chi connectivity index (χ0v) is 15.4. The highest BCUT2D eigenvalue weighted by Gasteiger charge is 2.14. The fraction of sp³-hybridized carbons (Fsp3) is 0.304. The summed E-state index contributed by atoms with van der Waals surface area (Å²) >= 11 is 0. The highest BCUT2D eigenvalue weighted by molar-refractivity contribution is 5.84. The Hall–Kier alpha value is -2.90. The lowest BCUT2D eigenvalue weighted by molar-refractivity contribution is 0.0807. The molecule has 4 rings (SSSR count). The summed E-state index contributed by atoms with van der Waals surface area (Å²) < 4.78 is 7.11. The Morgan fingerprint density at radius 1 is 1.11 bits per heavy atom. The summed E-state index contributed by atoms with van der Waals surface area (Å²) in [5.74, 6) is 7.68. The van der Waals surface area contributed by atoms with Gasteiger partial charge in [-0.3, -0.25) is 9.36 Å². The predicted octanol–water partition coefficient (Wildman–Crippen LogP) is 3.73. The molecule has 0 spiro atoms. The Morgan fingerprint density at radius 2 is 1.89 bits per heavy atom. The van der Waals surface area contributed by atoms with E-state index >= 15 is 0 Å². The van der Waals surface area contributed by atoms with Crippen molar-refractivity contribution in [2.75, 3.05) is 13.2 Å². The first kappa shape index (κ1) is 17.5. The number of hydrogen-bond donors (Lipinski definition) is 0. The maximum absolute atomic E-state index is 13.4. The van der Waals surface area contributed by atoms with Crippen LogP contribution in [0.2, 0.25) is 0 Å². The molecule has 0 radical (unpaired) electrons. The van der Waals surface area contributed by atoms with E-state index in [0.29, 0.717) is 23.2 Å². The average Bonchev–Trinajstić information content (AvgIpc) is 2.73. The first-order valence-electron chi connectivity index (χ1n) is 9.47. The minimum Gasteiger partial charge on any atom is -0.381 e. The standard InChI is InChI=1S/C23H22N2O2/c1-2-21-24-20-10-6-7-18(12-11-17-13-15-27-16-14-17)22(20)23(26)25(21)19-8-4-3-5-9-19/h3-10,17H,2,13-16H2,1H3. The number of rotatable bonds is 2. The molecule has 4 heteroatoms. The van der Waals surface area contributed by atoms with Gasteiger partial charge in [-0.1, -0.05) is 43.0 Å². The van der Waals surface area contributed by atoms with Crippen LogP contribution in [0.15, 0.2) is 53.3 Å². The van der Waals surface area contributed by atoms with Crippen LogP contribution in [0.5, 0.6) is 0 Å². The molecule has 2 heterocycles. The highest BCUT2D eigenvalue weighted by Crippen LogP contribution is 2.18. The van der Waals surface area contributed by atoms with Crippen LogP contribution >= 0.6 is 0 Å². The quantitative estimate of drug-likeness (QED) is 0.656. The first-order valence-corrected chi connectivity index (χ1v) is 9.47. The van der Waals surface area contributed by atoms with E-state index in [0.717, 1.165) is 43.1 Å². The molecule has 1 saturated heterocycles. The number of hydrogen-bond acceptors (Lipinski definition) is 3. The van der Waals surface area contributed by atoms with Crippen molar-refractivity contribution >= 4 is 10.9 Å². The molecule has 1 aliphatic heterocycles. The lowest BCUT2D eigenvalue weighted by atomic mass is 10.00. The zero-order valence-electron chi connectivity index (χ0n) is 15.4. The Kier molecular flexibility index (Phi) is 5.04. The second kappa shape index (κ2) is 7.77. The summed E-state index contributed by atoms with van der Waals surface area (Å²) in [6, 6.07) is 15.4. The van der Waals surface area contributed by atoms with Gasteiger partial charge in [0.2, 0.25) is 0 Å². The molecule has 1 fully saturated rings. The van der Waals surface area contributed by atoms with Crippen molar-refractivity contribution in [3.63, 3.8) is 0 Å². The minimum atomic E-state index is -0.0556. The maximum atomic E-state index is 13.4. The summed E-state index contributed by atoms with van der Waals surface area (Å²) in [6.45, 7) is 3.54. The van der Waals surface area contributed by atoms with Gasteiger partial charge in [-0.05, 0) is 37.1 Å². The van der Waals surface area contributed by atoms with Gasteiger partial charge in [-0.2, -0.15) is 0 Å². The van der Waals surface area contributed by atoms with E-state index in [9.17, 15) is 4.79 Å². The number of ether oxygens (including phenoxy) is 1. The Balaban J connectivity index is 1.89. The molecule has 27 heavy (non-hydrogen) atoms. The van der Waals surface area contributed by atoms with Crippen molar-refractivity contribution in [3.8, 4) is 17.5 Å². The van der Waals surface area contributed by atoms with Gasteiger partial charge < -0.3 is 4.74 Å². The SMILES string of the molecule is CCc1nc2cccc(C#CC3CCOCC3)c2c(=O)n1-c1ccccc1. The molecule has 0 bridgehead atoms. The van der Waals surface area contributed by atoms with Gasteiger partial charge in [0.05, 0.1) is 16.6 Å². The molecule has 1 aliphatic rings. The van der Waals surface area contributed by atoms with Crippen molar-refractivity contribution in [3.05, 3.63) is 70.3 Å². The Morgan fingerprint density at radius 3 is 2.63 bits per heavy atom. The van der Waals surface area contributed by atoms with Crippen LogP contribution < -0.4 is 5.56 Å². The van der Waals surface area contributed by atoms with Crippen LogP contribution in [0.4, 0.5) is 0 Å². The molecule has 0 saturated carbocycles. The maximum Gasteiger partial charge on any atom is 0.267 e. The second-order valence-corrected chi connectivity index (χ2v) is 6.71. The molecule has 4 nitrogen and oxygen atoms in total. The van der Waals surface area contributed by atoms with Crippen LogP contribution in [-0.2, 0) is 11.2 Å². The van der Waals surface area contributed by atoms with Gasteiger partial charge >= 0.3 is 0 Å². The second-order valence-electron chi connectivity index (χ2n) is 6.71. The fourth-order valence-electron chi connectivity index (χ4n) is 3.48. The van der Waals surface area contributed by atoms with E-state index in [1.165, 1.54) is 0 Å². The molecule has 0 unspecified atom stereocenters. The number of benzene rings is 2. The summed E-state index contributed by atoms with van der Waals surface area (Å²) in [7, 11) is 0. The van der Waals surface area contributed by atoms with Gasteiger partial charge in [-0.15, -0.1) is 0 Å². The summed E-state index contributed by atoms with van der Waals surface area (Å²) in [4.78, 5) is 18.2. The molecular formula is C23H22N2O2. The molecule has 1 aromatic heterocycles. The molecular weight excluding hydrogens is 336 g/mol. The largest absolute Gasteiger partial charge is 0.381 e. The van der Waals surface area contributed by atoms with Gasteiger partial charge in [0, 0.05) is 31.1 Å². The molecule has 3 aromatic rings. The van der Waals surface area contributed by atoms with Crippen molar-refractivity contribution in [2.45, 2.75) is 26.2 Å². The van der Waals surface area contributed by atoms with E-state index in [2.05, 4.69) is 11.8 Å². The fourth-order valence-corrected chi connectivity index (χ4v) is 3.48. The Labute approximate surface area is 158 Å². The van der Waals surface area contributed by atoms with E-state index in [4.69, 9.17) is 9.72 Å². The molecule has 0 atom stereocenters. The topological polar surface area (TPSA) is 44.1 Å². The number of aryl methyl sites for hydroxylation is 1. The van der Waals surface area contributed by atoms with Crippen molar-refractivity contribution in [1.29, 1.82) is 0 Å². The number of aromatic nitrogens is 2. The van der Waals surface area contributed by atoms with Crippen LogP contribution in [-0.4, -0.2) is 22.8 Å². The van der Waals surface area contributed by atoms with Gasteiger partial charge in [0.15, 0.2) is 0 Å². The van der Waals surface area contributed by atoms with Crippen molar-refractivity contribution in [1.82, 2.24) is 9.55 Å². The number of fused-ring (bicyclic) bond motifs is 1. The van der Waals surface area contributed by atoms with Crippen LogP contribution in [0, 0.1) is 17.8 Å². The number of para-hydroxylation sites is 1. The smallest absolute Gasteiger partial charge is 0.267 e. The lowest BCUT2D eigenvalue weighted by Gasteiger charge is -2.16. The minimum absolute atomic E-state index is 0.0556. The van der Waals surface area contributed by atoms with Gasteiger partial charge in [-0.25, -0.2) is 4.98 Å². The van der Waals surface area contributed by atoms with E-state index in [1.54, 1.807) is 4.57 Å². The van der Waals surface area contributed by atoms with E-state index in [1.807, 2.05) is 55.5 Å². The third-order valence-corrected chi connectivity index (χ3v) is 4.93. The van der Waals surface area contributed by atoms with Crippen molar-refractivity contribution in [2.24, 2.45) is 5.92 Å². The molecule has 136 valence electrons. The summed E-state index contributed by atoms with van der Waals surface area (Å²) in [6.07, 6.45) is 2.58. The zero-order chi connectivity index (χ0) is 18.6. The first-order chi connectivity index (χ1) is 13.3. The summed E-state index contributed by atoms with van der Waals surface area (Å²) in [5.41, 5.74) is 2.24. The molecule has 0 N–H and O–H groups in total. The third kappa shape index (κ3) is 3.51. The average molecular weight is 358 g/mol. The molecule has 0 aliphatic carbocycles. The lowest BCUT2D eigenvalue weighted by Crippen LogP contribution is -2.24. The van der Waals surface area contributed by atoms with E-state index in [-0.39, 0.29) is 5.56 Å². The normalized spacial score (nSPS) is 14.7. The van der Waals surface area contributed by atoms with Crippen molar-refractivity contribution < 1.29 is 4.74 Å². The molecule has 2 aromatic carbocycles. The summed E-state index contributed by atoms with van der Waals surface area (Å²) in [5, 5.41) is 0.595. The van der Waals surface area contributed by atoms with Gasteiger partial charge in [0.25, 0.3) is 5.56 Å². The Bertz CT molecular complexity index is 1070. The van der Waals surface area contributed by atoms with Gasteiger partial charge in [0.1, 0.15) is 5.82 Å². The van der Waals surface area contributed by atoms with Crippen LogP contribution in [0.25, 0.3) is 16.6 Å².